The van der Waals surface area contributed by atoms with Crippen LogP contribution in [0.2, 0.25) is 0 Å². The topological polar surface area (TPSA) is 54.3 Å². The van der Waals surface area contributed by atoms with E-state index in [1.807, 2.05) is 34.5 Å². The first kappa shape index (κ1) is 18.8. The molecule has 1 aliphatic rings. The van der Waals surface area contributed by atoms with Crippen LogP contribution in [0.1, 0.15) is 17.4 Å². The van der Waals surface area contributed by atoms with Crippen LogP contribution in [0.4, 0.5) is 5.82 Å². The number of hydrogen-bond donors (Lipinski definition) is 0. The molecular weight excluding hydrogens is 394 g/mol. The second-order valence-electron chi connectivity index (χ2n) is 7.34. The van der Waals surface area contributed by atoms with Crippen LogP contribution in [0.3, 0.4) is 0 Å². The van der Waals surface area contributed by atoms with Gasteiger partial charge in [0.2, 0.25) is 0 Å². The number of aryl methyl sites for hydroxylation is 1. The van der Waals surface area contributed by atoms with Crippen LogP contribution < -0.4 is 4.90 Å². The lowest BCUT2D eigenvalue weighted by Crippen LogP contribution is -2.49. The van der Waals surface area contributed by atoms with Gasteiger partial charge >= 0.3 is 0 Å². The third-order valence-corrected chi connectivity index (χ3v) is 6.47. The van der Waals surface area contributed by atoms with Gasteiger partial charge in [-0.2, -0.15) is 0 Å². The average Bonchev–Trinajstić information content (AvgIpc) is 3.44. The number of benzene rings is 1. The van der Waals surface area contributed by atoms with Gasteiger partial charge in [-0.15, -0.1) is 11.3 Å². The number of fused-ring (bicyclic) bond motifs is 1. The molecular formula is C23H23N5OS. The SMILES string of the molecule is CCn1c(-c2nc(C(=O)N3CCN(c4ccccn4)CC3)cs2)cc2ccccc21. The van der Waals surface area contributed by atoms with Crippen LogP contribution in [0.25, 0.3) is 21.6 Å². The zero-order valence-electron chi connectivity index (χ0n) is 16.9. The molecule has 1 fully saturated rings. The quantitative estimate of drug-likeness (QED) is 0.501. The van der Waals surface area contributed by atoms with E-state index in [1.165, 1.54) is 22.2 Å². The predicted octanol–water partition coefficient (Wildman–Crippen LogP) is 4.14. The van der Waals surface area contributed by atoms with Gasteiger partial charge in [0.1, 0.15) is 16.5 Å². The molecule has 4 heterocycles. The lowest BCUT2D eigenvalue weighted by molar-refractivity contribution is 0.0741. The average molecular weight is 418 g/mol. The van der Waals surface area contributed by atoms with Crippen LogP contribution in [0.15, 0.2) is 60.1 Å². The third kappa shape index (κ3) is 3.35. The van der Waals surface area contributed by atoms with Crippen LogP contribution in [-0.2, 0) is 6.54 Å². The highest BCUT2D eigenvalue weighted by Gasteiger charge is 2.25. The number of nitrogens with zero attached hydrogens (tertiary/aromatic N) is 5. The molecule has 6 nitrogen and oxygen atoms in total. The van der Waals surface area contributed by atoms with E-state index < -0.39 is 0 Å². The fraction of sp³-hybridized carbons (Fsp3) is 0.261. The zero-order chi connectivity index (χ0) is 20.5. The molecule has 0 unspecified atom stereocenters. The number of thiazole rings is 1. The van der Waals surface area contributed by atoms with E-state index in [0.29, 0.717) is 18.8 Å². The Morgan fingerprint density at radius 3 is 2.63 bits per heavy atom. The molecule has 0 aliphatic carbocycles. The van der Waals surface area contributed by atoms with Crippen molar-refractivity contribution in [3.8, 4) is 10.7 Å². The molecule has 4 aromatic rings. The number of pyridine rings is 1. The van der Waals surface area contributed by atoms with Crippen molar-refractivity contribution in [2.75, 3.05) is 31.1 Å². The largest absolute Gasteiger partial charge is 0.353 e. The van der Waals surface area contributed by atoms with E-state index in [4.69, 9.17) is 4.98 Å². The highest BCUT2D eigenvalue weighted by atomic mass is 32.1. The van der Waals surface area contributed by atoms with Crippen molar-refractivity contribution < 1.29 is 4.79 Å². The summed E-state index contributed by atoms with van der Waals surface area (Å²) in [5.41, 5.74) is 2.81. The Morgan fingerprint density at radius 2 is 1.87 bits per heavy atom. The minimum absolute atomic E-state index is 0.0114. The molecule has 152 valence electrons. The first-order valence-electron chi connectivity index (χ1n) is 10.2. The van der Waals surface area contributed by atoms with E-state index in [2.05, 4.69) is 45.6 Å². The summed E-state index contributed by atoms with van der Waals surface area (Å²) in [5.74, 6) is 0.977. The molecule has 1 aromatic carbocycles. The zero-order valence-corrected chi connectivity index (χ0v) is 17.7. The monoisotopic (exact) mass is 417 g/mol. The first-order chi connectivity index (χ1) is 14.7. The minimum atomic E-state index is 0.0114. The number of amides is 1. The molecule has 0 radical (unpaired) electrons. The lowest BCUT2D eigenvalue weighted by atomic mass is 10.2. The molecule has 0 saturated carbocycles. The number of piperazine rings is 1. The molecule has 3 aromatic heterocycles. The molecule has 0 bridgehead atoms. The smallest absolute Gasteiger partial charge is 0.273 e. The molecule has 0 atom stereocenters. The number of carbonyl (C=O) groups is 1. The van der Waals surface area contributed by atoms with Crippen LogP contribution in [-0.4, -0.2) is 51.5 Å². The van der Waals surface area contributed by atoms with Gasteiger partial charge in [0.25, 0.3) is 5.91 Å². The number of anilines is 1. The summed E-state index contributed by atoms with van der Waals surface area (Å²) in [6.07, 6.45) is 1.80. The fourth-order valence-corrected chi connectivity index (χ4v) is 4.88. The number of carbonyl (C=O) groups excluding carboxylic acids is 1. The maximum absolute atomic E-state index is 13.0. The maximum Gasteiger partial charge on any atom is 0.273 e. The summed E-state index contributed by atoms with van der Waals surface area (Å²) in [6.45, 7) is 5.92. The maximum atomic E-state index is 13.0. The van der Waals surface area contributed by atoms with Crippen molar-refractivity contribution in [3.05, 3.63) is 65.8 Å². The fourth-order valence-electron chi connectivity index (χ4n) is 4.06. The van der Waals surface area contributed by atoms with Crippen LogP contribution >= 0.6 is 11.3 Å². The molecule has 0 spiro atoms. The Kier molecular flexibility index (Phi) is 4.96. The normalized spacial score (nSPS) is 14.4. The lowest BCUT2D eigenvalue weighted by Gasteiger charge is -2.35. The third-order valence-electron chi connectivity index (χ3n) is 5.61. The predicted molar refractivity (Wildman–Crippen MR) is 121 cm³/mol. The standard InChI is InChI=1S/C23H23N5OS/c1-2-28-19-8-4-3-7-17(19)15-20(28)22-25-18(16-30-22)23(29)27-13-11-26(12-14-27)21-9-5-6-10-24-21/h3-10,15-16H,2,11-14H2,1H3. The van der Waals surface area contributed by atoms with Crippen LogP contribution in [0, 0.1) is 0 Å². The van der Waals surface area contributed by atoms with Gasteiger partial charge in [-0.05, 0) is 31.2 Å². The van der Waals surface area contributed by atoms with Crippen molar-refractivity contribution in [1.82, 2.24) is 19.4 Å². The van der Waals surface area contributed by atoms with Gasteiger partial charge in [0.15, 0.2) is 0 Å². The van der Waals surface area contributed by atoms with Crippen molar-refractivity contribution in [1.29, 1.82) is 0 Å². The second-order valence-corrected chi connectivity index (χ2v) is 8.20. The Balaban J connectivity index is 1.33. The van der Waals surface area contributed by atoms with Gasteiger partial charge in [-0.3, -0.25) is 4.79 Å². The molecule has 1 saturated heterocycles. The highest BCUT2D eigenvalue weighted by molar-refractivity contribution is 7.13. The van der Waals surface area contributed by atoms with E-state index in [0.717, 1.165) is 36.2 Å². The molecule has 1 amide bonds. The summed E-state index contributed by atoms with van der Waals surface area (Å²) in [4.78, 5) is 26.3. The second kappa shape index (κ2) is 7.91. The number of para-hydroxylation sites is 1. The van der Waals surface area contributed by atoms with E-state index in [9.17, 15) is 4.79 Å². The van der Waals surface area contributed by atoms with Gasteiger partial charge in [-0.25, -0.2) is 9.97 Å². The van der Waals surface area contributed by atoms with Crippen molar-refractivity contribution in [2.24, 2.45) is 0 Å². The van der Waals surface area contributed by atoms with E-state index in [-0.39, 0.29) is 5.91 Å². The van der Waals surface area contributed by atoms with E-state index in [1.54, 1.807) is 6.20 Å². The Labute approximate surface area is 179 Å². The molecule has 30 heavy (non-hydrogen) atoms. The summed E-state index contributed by atoms with van der Waals surface area (Å²) in [6, 6.07) is 16.4. The van der Waals surface area contributed by atoms with Crippen molar-refractivity contribution in [3.63, 3.8) is 0 Å². The van der Waals surface area contributed by atoms with Crippen LogP contribution in [0.5, 0.6) is 0 Å². The highest BCUT2D eigenvalue weighted by Crippen LogP contribution is 2.30. The number of hydrogen-bond acceptors (Lipinski definition) is 5. The Morgan fingerprint density at radius 1 is 1.07 bits per heavy atom. The summed E-state index contributed by atoms with van der Waals surface area (Å²) < 4.78 is 2.26. The number of aromatic nitrogens is 3. The molecule has 0 N–H and O–H groups in total. The Hall–Kier alpha value is -3.19. The Bertz CT molecular complexity index is 1170. The van der Waals surface area contributed by atoms with Gasteiger partial charge in [0, 0.05) is 55.2 Å². The summed E-state index contributed by atoms with van der Waals surface area (Å²) >= 11 is 1.54. The van der Waals surface area contributed by atoms with Crippen molar-refractivity contribution in [2.45, 2.75) is 13.5 Å². The van der Waals surface area contributed by atoms with Gasteiger partial charge in [-0.1, -0.05) is 24.3 Å². The molecule has 5 rings (SSSR count). The molecule has 7 heteroatoms. The van der Waals surface area contributed by atoms with Gasteiger partial charge < -0.3 is 14.4 Å². The summed E-state index contributed by atoms with van der Waals surface area (Å²) in [5, 5.41) is 3.98. The van der Waals surface area contributed by atoms with Crippen molar-refractivity contribution >= 4 is 34.0 Å². The van der Waals surface area contributed by atoms with Gasteiger partial charge in [0.05, 0.1) is 5.69 Å². The minimum Gasteiger partial charge on any atom is -0.353 e. The first-order valence-corrected chi connectivity index (χ1v) is 11.1. The molecule has 1 aliphatic heterocycles. The summed E-state index contributed by atoms with van der Waals surface area (Å²) in [7, 11) is 0. The number of rotatable bonds is 4. The van der Waals surface area contributed by atoms with E-state index >= 15 is 0 Å².